The Hall–Kier alpha value is -6.88. The van der Waals surface area contributed by atoms with Gasteiger partial charge in [0.1, 0.15) is 6.07 Å². The molecule has 0 amide bonds. The summed E-state index contributed by atoms with van der Waals surface area (Å²) >= 11 is 0. The molecule has 2 heterocycles. The summed E-state index contributed by atoms with van der Waals surface area (Å²) in [5, 5.41) is 22.1. The van der Waals surface area contributed by atoms with E-state index in [-0.39, 0.29) is 5.41 Å². The van der Waals surface area contributed by atoms with Gasteiger partial charge in [-0.3, -0.25) is 0 Å². The molecular weight excluding hydrogens is 621 g/mol. The average molecular weight is 653 g/mol. The number of hydrogen-bond acceptors (Lipinski definition) is 3. The lowest BCUT2D eigenvalue weighted by atomic mass is 9.73. The van der Waals surface area contributed by atoms with Gasteiger partial charge in [-0.25, -0.2) is 0 Å². The minimum absolute atomic E-state index is 0.198. The van der Waals surface area contributed by atoms with Crippen molar-refractivity contribution in [3.05, 3.63) is 180 Å². The van der Waals surface area contributed by atoms with Crippen molar-refractivity contribution in [1.29, 1.82) is 10.5 Å². The molecule has 51 heavy (non-hydrogen) atoms. The van der Waals surface area contributed by atoms with E-state index in [0.29, 0.717) is 11.1 Å². The zero-order valence-electron chi connectivity index (χ0n) is 28.3. The van der Waals surface area contributed by atoms with E-state index in [2.05, 4.69) is 151 Å². The Morgan fingerprint density at radius 1 is 0.510 bits per heavy atom. The molecule has 0 atom stereocenters. The second-order valence-electron chi connectivity index (χ2n) is 13.6. The molecule has 1 aromatic heterocycles. The number of nitriles is 2. The van der Waals surface area contributed by atoms with Gasteiger partial charge < -0.3 is 9.47 Å². The Labute approximate surface area is 297 Å². The Bertz CT molecular complexity index is 2740. The Morgan fingerprint density at radius 3 is 2.00 bits per heavy atom. The van der Waals surface area contributed by atoms with E-state index < -0.39 is 0 Å². The third-order valence-corrected chi connectivity index (χ3v) is 10.5. The maximum Gasteiger partial charge on any atom is 0.101 e. The quantitative estimate of drug-likeness (QED) is 0.190. The third-order valence-electron chi connectivity index (χ3n) is 10.5. The SMILES string of the molecule is CC1(C)c2ccccc2N(c2ccccc2)c2ccc(-c3ccc(-c4cccc(C#N)c4-n4c5ccccc5c5cc(C#N)ccc54)cc3)cc21. The monoisotopic (exact) mass is 652 g/mol. The van der Waals surface area contributed by atoms with Crippen LogP contribution in [0.1, 0.15) is 36.1 Å². The third kappa shape index (κ3) is 4.66. The normalized spacial score (nSPS) is 13.0. The minimum atomic E-state index is -0.198. The summed E-state index contributed by atoms with van der Waals surface area (Å²) in [7, 11) is 0. The molecule has 0 radical (unpaired) electrons. The predicted octanol–water partition coefficient (Wildman–Crippen LogP) is 12.0. The fraction of sp³-hybridized carbons (Fsp3) is 0.0638. The molecule has 0 fully saturated rings. The smallest absolute Gasteiger partial charge is 0.101 e. The molecule has 240 valence electrons. The van der Waals surface area contributed by atoms with E-state index in [4.69, 9.17) is 0 Å². The highest BCUT2D eigenvalue weighted by atomic mass is 15.2. The van der Waals surface area contributed by atoms with Crippen LogP contribution < -0.4 is 4.90 Å². The van der Waals surface area contributed by atoms with E-state index >= 15 is 0 Å². The van der Waals surface area contributed by atoms with Gasteiger partial charge in [0.25, 0.3) is 0 Å². The zero-order valence-corrected chi connectivity index (χ0v) is 28.3. The summed E-state index contributed by atoms with van der Waals surface area (Å²) in [6, 6.07) is 59.5. The lowest BCUT2D eigenvalue weighted by molar-refractivity contribution is 0.632. The second-order valence-corrected chi connectivity index (χ2v) is 13.6. The molecule has 0 N–H and O–H groups in total. The van der Waals surface area contributed by atoms with Crippen LogP contribution in [0, 0.1) is 22.7 Å². The van der Waals surface area contributed by atoms with Gasteiger partial charge in [0, 0.05) is 27.4 Å². The van der Waals surface area contributed by atoms with Gasteiger partial charge in [0.05, 0.1) is 45.3 Å². The molecule has 4 nitrogen and oxygen atoms in total. The molecule has 0 unspecified atom stereocenters. The van der Waals surface area contributed by atoms with Crippen LogP contribution in [0.15, 0.2) is 158 Å². The molecule has 0 saturated heterocycles. The van der Waals surface area contributed by atoms with Crippen molar-refractivity contribution in [2.75, 3.05) is 4.90 Å². The van der Waals surface area contributed by atoms with Crippen LogP contribution in [0.4, 0.5) is 17.1 Å². The van der Waals surface area contributed by atoms with E-state index in [1.54, 1.807) is 0 Å². The topological polar surface area (TPSA) is 55.8 Å². The molecular formula is C47H32N4. The Balaban J connectivity index is 1.17. The van der Waals surface area contributed by atoms with Crippen molar-refractivity contribution in [3.63, 3.8) is 0 Å². The molecule has 0 bridgehead atoms. The number of fused-ring (bicyclic) bond motifs is 5. The molecule has 0 aliphatic carbocycles. The zero-order chi connectivity index (χ0) is 34.7. The van der Waals surface area contributed by atoms with Crippen molar-refractivity contribution in [2.45, 2.75) is 19.3 Å². The van der Waals surface area contributed by atoms with E-state index in [0.717, 1.165) is 55.4 Å². The second kappa shape index (κ2) is 11.6. The number of hydrogen-bond donors (Lipinski definition) is 0. The molecule has 8 aromatic rings. The van der Waals surface area contributed by atoms with Gasteiger partial charge in [0.15, 0.2) is 0 Å². The van der Waals surface area contributed by atoms with Crippen LogP contribution >= 0.6 is 0 Å². The van der Waals surface area contributed by atoms with Gasteiger partial charge in [-0.05, 0) is 88.5 Å². The van der Waals surface area contributed by atoms with Crippen molar-refractivity contribution in [3.8, 4) is 40.1 Å². The van der Waals surface area contributed by atoms with E-state index in [1.165, 1.54) is 22.5 Å². The summed E-state index contributed by atoms with van der Waals surface area (Å²) in [5.74, 6) is 0. The largest absolute Gasteiger partial charge is 0.310 e. The molecule has 1 aliphatic heterocycles. The van der Waals surface area contributed by atoms with Gasteiger partial charge in [-0.1, -0.05) is 111 Å². The molecule has 0 spiro atoms. The Morgan fingerprint density at radius 2 is 1.20 bits per heavy atom. The maximum atomic E-state index is 10.4. The number of rotatable bonds is 4. The van der Waals surface area contributed by atoms with Crippen LogP contribution in [-0.4, -0.2) is 4.57 Å². The number of nitrogens with zero attached hydrogens (tertiary/aromatic N) is 4. The lowest BCUT2D eigenvalue weighted by Gasteiger charge is -2.42. The van der Waals surface area contributed by atoms with Crippen LogP contribution in [0.2, 0.25) is 0 Å². The van der Waals surface area contributed by atoms with Crippen LogP contribution in [-0.2, 0) is 5.41 Å². The first-order valence-electron chi connectivity index (χ1n) is 17.1. The van der Waals surface area contributed by atoms with E-state index in [1.807, 2.05) is 42.5 Å². The van der Waals surface area contributed by atoms with Crippen LogP contribution in [0.5, 0.6) is 0 Å². The van der Waals surface area contributed by atoms with Crippen molar-refractivity contribution in [1.82, 2.24) is 4.57 Å². The van der Waals surface area contributed by atoms with Crippen LogP contribution in [0.25, 0.3) is 49.7 Å². The number of benzene rings is 7. The summed E-state index contributed by atoms with van der Waals surface area (Å²) in [6.07, 6.45) is 0. The average Bonchev–Trinajstić information content (AvgIpc) is 3.51. The van der Waals surface area contributed by atoms with Crippen molar-refractivity contribution in [2.24, 2.45) is 0 Å². The van der Waals surface area contributed by atoms with Crippen LogP contribution in [0.3, 0.4) is 0 Å². The highest BCUT2D eigenvalue weighted by Gasteiger charge is 2.37. The first-order valence-corrected chi connectivity index (χ1v) is 17.1. The summed E-state index contributed by atoms with van der Waals surface area (Å²) < 4.78 is 2.18. The highest BCUT2D eigenvalue weighted by Crippen LogP contribution is 2.52. The number of para-hydroxylation sites is 4. The van der Waals surface area contributed by atoms with Gasteiger partial charge >= 0.3 is 0 Å². The lowest BCUT2D eigenvalue weighted by Crippen LogP contribution is -2.30. The maximum absolute atomic E-state index is 10.4. The molecule has 7 aromatic carbocycles. The molecule has 0 saturated carbocycles. The number of aromatic nitrogens is 1. The van der Waals surface area contributed by atoms with E-state index in [9.17, 15) is 10.5 Å². The summed E-state index contributed by atoms with van der Waals surface area (Å²) in [4.78, 5) is 2.38. The predicted molar refractivity (Wildman–Crippen MR) is 208 cm³/mol. The van der Waals surface area contributed by atoms with Gasteiger partial charge in [-0.2, -0.15) is 10.5 Å². The number of anilines is 3. The first kappa shape index (κ1) is 30.2. The summed E-state index contributed by atoms with van der Waals surface area (Å²) in [5.41, 5.74) is 14.2. The Kier molecular flexibility index (Phi) is 6.88. The fourth-order valence-electron chi connectivity index (χ4n) is 7.97. The van der Waals surface area contributed by atoms with Crippen molar-refractivity contribution < 1.29 is 0 Å². The standard InChI is InChI=1S/C47H32N4/c1-47(2)40-16-7-9-18-44(40)50(36-12-4-3-5-13-36)45-26-24-34(28-41(45)47)32-20-22-33(23-21-32)37-15-10-11-35(30-49)46(37)51-42-17-8-6-14-38(42)39-27-31(29-48)19-25-43(39)51/h3-28H,1-2H3. The molecule has 4 heteroatoms. The summed E-state index contributed by atoms with van der Waals surface area (Å²) in [6.45, 7) is 4.64. The first-order chi connectivity index (χ1) is 25.0. The minimum Gasteiger partial charge on any atom is -0.310 e. The van der Waals surface area contributed by atoms with Gasteiger partial charge in [0.2, 0.25) is 0 Å². The fourth-order valence-corrected chi connectivity index (χ4v) is 7.97. The highest BCUT2D eigenvalue weighted by molar-refractivity contribution is 6.10. The molecule has 9 rings (SSSR count). The van der Waals surface area contributed by atoms with Crippen molar-refractivity contribution >= 4 is 38.9 Å². The molecule has 1 aliphatic rings. The van der Waals surface area contributed by atoms with Gasteiger partial charge in [-0.15, -0.1) is 0 Å².